The van der Waals surface area contributed by atoms with Crippen LogP contribution in [0.3, 0.4) is 0 Å². The molecule has 6 nitrogen and oxygen atoms in total. The Morgan fingerprint density at radius 1 is 0.443 bits per heavy atom. The molecule has 6 heteroatoms. The minimum Gasteiger partial charge on any atom is -0.462 e. The lowest BCUT2D eigenvalue weighted by Gasteiger charge is -2.24. The summed E-state index contributed by atoms with van der Waals surface area (Å²) in [5.41, 5.74) is 0. The van der Waals surface area contributed by atoms with Gasteiger partial charge < -0.3 is 20.3 Å². The van der Waals surface area contributed by atoms with Crippen molar-refractivity contribution >= 4 is 11.9 Å². The molecule has 396 valence electrons. The van der Waals surface area contributed by atoms with E-state index >= 15 is 0 Å². The van der Waals surface area contributed by atoms with E-state index in [2.05, 4.69) is 99.0 Å². The summed E-state index contributed by atoms with van der Waals surface area (Å²) < 4.78 is 5.90. The summed E-state index contributed by atoms with van der Waals surface area (Å²) in [5, 5.41) is 23.9. The highest BCUT2D eigenvalue weighted by atomic mass is 16.5. The number of carbonyl (C=O) groups excluding carboxylic acids is 2. The number of rotatable bonds is 49. The number of nitrogens with one attached hydrogen (secondary N) is 1. The summed E-state index contributed by atoms with van der Waals surface area (Å²) in [5.74, 6) is -0.597. The molecule has 0 bridgehead atoms. The Bertz CT molecular complexity index is 1510. The molecule has 0 aliphatic rings. The second-order valence-electron chi connectivity index (χ2n) is 18.7. The molecular formula is C64H105NO5. The second-order valence-corrected chi connectivity index (χ2v) is 18.7. The summed E-state index contributed by atoms with van der Waals surface area (Å²) in [6.07, 6.45) is 79.5. The van der Waals surface area contributed by atoms with Crippen molar-refractivity contribution in [2.75, 3.05) is 6.61 Å². The molecule has 0 aliphatic heterocycles. The number of hydrogen-bond donors (Lipinski definition) is 3. The van der Waals surface area contributed by atoms with Crippen molar-refractivity contribution in [2.24, 2.45) is 0 Å². The number of allylic oxidation sites excluding steroid dienone is 22. The van der Waals surface area contributed by atoms with Crippen molar-refractivity contribution < 1.29 is 24.5 Å². The molecule has 0 radical (unpaired) electrons. The molecule has 0 aliphatic carbocycles. The average molecular weight is 969 g/mol. The number of hydrogen-bond acceptors (Lipinski definition) is 5. The number of unbranched alkanes of at least 4 members (excludes halogenated alkanes) is 20. The van der Waals surface area contributed by atoms with Crippen LogP contribution in [0.2, 0.25) is 0 Å². The monoisotopic (exact) mass is 968 g/mol. The smallest absolute Gasteiger partial charge is 0.306 e. The van der Waals surface area contributed by atoms with Crippen LogP contribution in [-0.4, -0.2) is 46.9 Å². The number of aliphatic hydroxyl groups excluding tert-OH is 2. The highest BCUT2D eigenvalue weighted by molar-refractivity contribution is 5.77. The standard InChI is InChI=1S/C64H105NO5/c1-4-7-10-13-16-19-22-25-28-30-31-33-36-39-42-45-48-51-54-57-64(69)70-60(55-52-49-46-43-40-37-34-27-24-21-18-15-12-9-6-3)58-63(68)65-61(59-66)62(67)56-53-50-47-44-41-38-35-32-29-26-23-20-17-14-11-8-5-2/h7,9-10,12,15-16,18-19,21,24-25,27-28,31,33-34,37,39-40,42-43,46,60-62,66-67H,4-6,8,11,13-14,17,20,22-23,26,29-30,32,35-36,38,41,44-45,47-59H2,1-3H3,(H,65,68)/b10-7-,12-9-,18-15+,19-16-,24-21+,28-25-,33-31-,34-27-,40-37+,42-39-,46-43+. The lowest BCUT2D eigenvalue weighted by Crippen LogP contribution is -2.46. The van der Waals surface area contributed by atoms with E-state index in [4.69, 9.17) is 4.74 Å². The van der Waals surface area contributed by atoms with Gasteiger partial charge in [0, 0.05) is 6.42 Å². The van der Waals surface area contributed by atoms with Gasteiger partial charge >= 0.3 is 5.97 Å². The van der Waals surface area contributed by atoms with E-state index in [-0.39, 0.29) is 24.9 Å². The van der Waals surface area contributed by atoms with Crippen molar-refractivity contribution in [1.29, 1.82) is 0 Å². The Balaban J connectivity index is 4.74. The minimum absolute atomic E-state index is 0.00413. The van der Waals surface area contributed by atoms with E-state index in [1.54, 1.807) is 0 Å². The van der Waals surface area contributed by atoms with Crippen LogP contribution in [0.25, 0.3) is 0 Å². The van der Waals surface area contributed by atoms with E-state index < -0.39 is 18.2 Å². The average Bonchev–Trinajstić information content (AvgIpc) is 3.35. The maximum Gasteiger partial charge on any atom is 0.306 e. The zero-order chi connectivity index (χ0) is 50.9. The quantitative estimate of drug-likeness (QED) is 0.0244. The second kappa shape index (κ2) is 55.9. The Hall–Kier alpha value is -4.00. The SMILES string of the molecule is CC\C=C/C=C/C=C/C=C\C=C\C=C\CCCC(CC(=O)NC(CO)C(O)CCCCCCCCCCCCCCCCCCC)OC(=O)CCCCC/C=C\C/C=C\C/C=C\C/C=C\C/C=C\CC. The predicted octanol–water partition coefficient (Wildman–Crippen LogP) is 17.8. The van der Waals surface area contributed by atoms with Crippen LogP contribution in [0, 0.1) is 0 Å². The summed E-state index contributed by atoms with van der Waals surface area (Å²) in [7, 11) is 0. The normalized spacial score (nSPS) is 14.2. The summed E-state index contributed by atoms with van der Waals surface area (Å²) >= 11 is 0. The van der Waals surface area contributed by atoms with Gasteiger partial charge in [0.05, 0.1) is 25.2 Å². The Morgan fingerprint density at radius 2 is 0.857 bits per heavy atom. The number of aliphatic hydroxyl groups is 2. The van der Waals surface area contributed by atoms with E-state index in [0.29, 0.717) is 19.3 Å². The highest BCUT2D eigenvalue weighted by Gasteiger charge is 2.24. The molecule has 0 aromatic rings. The van der Waals surface area contributed by atoms with E-state index in [0.717, 1.165) is 96.3 Å². The molecule has 1 amide bonds. The van der Waals surface area contributed by atoms with E-state index in [1.165, 1.54) is 89.9 Å². The first-order valence-corrected chi connectivity index (χ1v) is 28.5. The van der Waals surface area contributed by atoms with Crippen molar-refractivity contribution in [1.82, 2.24) is 5.32 Å². The highest BCUT2D eigenvalue weighted by Crippen LogP contribution is 2.17. The predicted molar refractivity (Wildman–Crippen MR) is 305 cm³/mol. The van der Waals surface area contributed by atoms with Gasteiger partial charge in [0.25, 0.3) is 0 Å². The van der Waals surface area contributed by atoms with Gasteiger partial charge in [-0.25, -0.2) is 0 Å². The first kappa shape index (κ1) is 66.0. The molecule has 0 aromatic heterocycles. The summed E-state index contributed by atoms with van der Waals surface area (Å²) in [4.78, 5) is 26.3. The summed E-state index contributed by atoms with van der Waals surface area (Å²) in [6, 6.07) is -0.744. The van der Waals surface area contributed by atoms with Gasteiger partial charge in [0.2, 0.25) is 5.91 Å². The maximum atomic E-state index is 13.3. The Labute approximate surface area is 431 Å². The zero-order valence-electron chi connectivity index (χ0n) is 45.1. The molecule has 3 unspecified atom stereocenters. The fraction of sp³-hybridized carbons (Fsp3) is 0.625. The maximum absolute atomic E-state index is 13.3. The topological polar surface area (TPSA) is 95.9 Å². The van der Waals surface area contributed by atoms with Crippen LogP contribution < -0.4 is 5.32 Å². The number of carbonyl (C=O) groups is 2. The molecule has 3 atom stereocenters. The number of esters is 1. The molecule has 0 fully saturated rings. The van der Waals surface area contributed by atoms with Crippen molar-refractivity contribution in [3.05, 3.63) is 134 Å². The zero-order valence-corrected chi connectivity index (χ0v) is 45.1. The molecule has 70 heavy (non-hydrogen) atoms. The third-order valence-corrected chi connectivity index (χ3v) is 12.1. The molecule has 0 saturated carbocycles. The van der Waals surface area contributed by atoms with Crippen LogP contribution in [0.5, 0.6) is 0 Å². The van der Waals surface area contributed by atoms with Gasteiger partial charge in [-0.3, -0.25) is 9.59 Å². The van der Waals surface area contributed by atoms with Gasteiger partial charge in [0.1, 0.15) is 6.10 Å². The van der Waals surface area contributed by atoms with Crippen LogP contribution in [0.15, 0.2) is 134 Å². The van der Waals surface area contributed by atoms with Crippen molar-refractivity contribution in [3.8, 4) is 0 Å². The Kier molecular flexibility index (Phi) is 52.7. The van der Waals surface area contributed by atoms with E-state index in [1.807, 2.05) is 60.8 Å². The van der Waals surface area contributed by atoms with Crippen molar-refractivity contribution in [3.63, 3.8) is 0 Å². The third-order valence-electron chi connectivity index (χ3n) is 12.1. The number of amides is 1. The van der Waals surface area contributed by atoms with Crippen LogP contribution in [-0.2, 0) is 14.3 Å². The molecule has 3 N–H and O–H groups in total. The molecule has 0 rings (SSSR count). The lowest BCUT2D eigenvalue weighted by atomic mass is 10.0. The molecular weight excluding hydrogens is 863 g/mol. The molecule has 0 saturated heterocycles. The molecule has 0 aromatic carbocycles. The molecule has 0 heterocycles. The third kappa shape index (κ3) is 50.4. The fourth-order valence-electron chi connectivity index (χ4n) is 7.91. The first-order chi connectivity index (χ1) is 34.5. The fourth-order valence-corrected chi connectivity index (χ4v) is 7.91. The van der Waals surface area contributed by atoms with E-state index in [9.17, 15) is 19.8 Å². The Morgan fingerprint density at radius 3 is 1.34 bits per heavy atom. The van der Waals surface area contributed by atoms with Crippen LogP contribution >= 0.6 is 0 Å². The van der Waals surface area contributed by atoms with Gasteiger partial charge in [-0.2, -0.15) is 0 Å². The van der Waals surface area contributed by atoms with Gasteiger partial charge in [-0.1, -0.05) is 270 Å². The van der Waals surface area contributed by atoms with Gasteiger partial charge in [0.15, 0.2) is 0 Å². The minimum atomic E-state index is -0.824. The largest absolute Gasteiger partial charge is 0.462 e. The first-order valence-electron chi connectivity index (χ1n) is 28.5. The summed E-state index contributed by atoms with van der Waals surface area (Å²) in [6.45, 7) is 6.20. The van der Waals surface area contributed by atoms with Crippen LogP contribution in [0.4, 0.5) is 0 Å². The van der Waals surface area contributed by atoms with Crippen LogP contribution in [0.1, 0.15) is 233 Å². The van der Waals surface area contributed by atoms with Crippen molar-refractivity contribution in [2.45, 2.75) is 251 Å². The molecule has 0 spiro atoms. The lowest BCUT2D eigenvalue weighted by molar-refractivity contribution is -0.151. The number of ether oxygens (including phenoxy) is 1. The van der Waals surface area contributed by atoms with Gasteiger partial charge in [-0.15, -0.1) is 0 Å². The van der Waals surface area contributed by atoms with Gasteiger partial charge in [-0.05, 0) is 83.5 Å².